The Morgan fingerprint density at radius 2 is 1.51 bits per heavy atom. The first-order valence-electron chi connectivity index (χ1n) is 14.9. The van der Waals surface area contributed by atoms with Crippen molar-refractivity contribution in [1.82, 2.24) is 4.98 Å². The van der Waals surface area contributed by atoms with Crippen LogP contribution in [0.15, 0.2) is 84.9 Å². The number of aryl methyl sites for hydroxylation is 1. The number of hydrogen-bond donors (Lipinski definition) is 2. The van der Waals surface area contributed by atoms with Gasteiger partial charge in [-0.2, -0.15) is 0 Å². The largest absolute Gasteiger partial charge is 0.397 e. The van der Waals surface area contributed by atoms with Crippen LogP contribution in [-0.2, 0) is 17.6 Å². The molecule has 5 nitrogen and oxygen atoms in total. The molecule has 208 valence electrons. The number of rotatable bonds is 10. The molecule has 0 spiro atoms. The van der Waals surface area contributed by atoms with Gasteiger partial charge < -0.3 is 16.4 Å². The van der Waals surface area contributed by atoms with Crippen molar-refractivity contribution >= 4 is 44.6 Å². The molecule has 4 N–H and O–H groups in total. The number of nitrogen functional groups attached to an aromatic ring is 1. The maximum atomic E-state index is 11.2. The van der Waals surface area contributed by atoms with Gasteiger partial charge in [-0.1, -0.05) is 73.5 Å². The summed E-state index contributed by atoms with van der Waals surface area (Å²) < 4.78 is 0. The molecule has 4 aromatic carbocycles. The van der Waals surface area contributed by atoms with E-state index in [4.69, 9.17) is 16.5 Å². The van der Waals surface area contributed by atoms with Crippen LogP contribution in [0.2, 0.25) is 0 Å². The highest BCUT2D eigenvalue weighted by Crippen LogP contribution is 2.42. The molecule has 0 atom stereocenters. The molecule has 1 heterocycles. The van der Waals surface area contributed by atoms with Crippen LogP contribution < -0.4 is 16.4 Å². The van der Waals surface area contributed by atoms with E-state index in [1.54, 1.807) is 0 Å². The van der Waals surface area contributed by atoms with Gasteiger partial charge in [0, 0.05) is 24.0 Å². The molecule has 1 aliphatic carbocycles. The standard InChI is InChI=1S/C36H38N4O/c37-31-21-20-28(27-19-18-25-11-4-5-12-26(25)23-27)24-34(31)40(22-10-2-1-3-17-35(38)41)36-29-13-6-8-15-32(29)39-33-16-9-7-14-30(33)36/h4-6,8,11-13,15,18-21,23-24H,1-3,7,9-10,14,16-17,22,37H2,(H2,38,41). The number of hydrogen-bond acceptors (Lipinski definition) is 4. The average Bonchev–Trinajstić information content (AvgIpc) is 3.00. The predicted octanol–water partition coefficient (Wildman–Crippen LogP) is 8.09. The zero-order chi connectivity index (χ0) is 28.2. The van der Waals surface area contributed by atoms with Crippen molar-refractivity contribution in [2.45, 2.75) is 57.8 Å². The van der Waals surface area contributed by atoms with Crippen molar-refractivity contribution in [3.63, 3.8) is 0 Å². The summed E-state index contributed by atoms with van der Waals surface area (Å²) >= 11 is 0. The molecular weight excluding hydrogens is 504 g/mol. The summed E-state index contributed by atoms with van der Waals surface area (Å²) in [4.78, 5) is 18.8. The lowest BCUT2D eigenvalue weighted by Gasteiger charge is -2.32. The highest BCUT2D eigenvalue weighted by atomic mass is 16.1. The number of primary amides is 1. The minimum Gasteiger partial charge on any atom is -0.397 e. The van der Waals surface area contributed by atoms with Crippen molar-refractivity contribution < 1.29 is 4.79 Å². The zero-order valence-corrected chi connectivity index (χ0v) is 23.6. The molecule has 0 radical (unpaired) electrons. The van der Waals surface area contributed by atoms with E-state index in [0.717, 1.165) is 67.5 Å². The van der Waals surface area contributed by atoms with Crippen LogP contribution in [0.5, 0.6) is 0 Å². The van der Waals surface area contributed by atoms with E-state index in [1.165, 1.54) is 51.5 Å². The van der Waals surface area contributed by atoms with Gasteiger partial charge in [-0.15, -0.1) is 0 Å². The summed E-state index contributed by atoms with van der Waals surface area (Å²) in [6.07, 6.45) is 8.69. The third-order valence-corrected chi connectivity index (χ3v) is 8.37. The van der Waals surface area contributed by atoms with Gasteiger partial charge in [0.1, 0.15) is 0 Å². The molecule has 0 saturated carbocycles. The third kappa shape index (κ3) is 5.76. The lowest BCUT2D eigenvalue weighted by molar-refractivity contribution is -0.118. The minimum absolute atomic E-state index is 0.222. The smallest absolute Gasteiger partial charge is 0.217 e. The number of aromatic nitrogens is 1. The normalized spacial score (nSPS) is 12.9. The summed E-state index contributed by atoms with van der Waals surface area (Å²) in [6, 6.07) is 30.1. The molecule has 1 aliphatic rings. The molecule has 0 fully saturated rings. The molecule has 6 rings (SSSR count). The number of amides is 1. The highest BCUT2D eigenvalue weighted by Gasteiger charge is 2.24. The van der Waals surface area contributed by atoms with Crippen molar-refractivity contribution in [2.24, 2.45) is 5.73 Å². The second kappa shape index (κ2) is 12.0. The highest BCUT2D eigenvalue weighted by molar-refractivity contribution is 5.98. The second-order valence-corrected chi connectivity index (χ2v) is 11.2. The third-order valence-electron chi connectivity index (χ3n) is 8.37. The Morgan fingerprint density at radius 3 is 2.39 bits per heavy atom. The van der Waals surface area contributed by atoms with E-state index in [9.17, 15) is 4.79 Å². The average molecular weight is 543 g/mol. The van der Waals surface area contributed by atoms with Gasteiger partial charge in [0.15, 0.2) is 0 Å². The van der Waals surface area contributed by atoms with Gasteiger partial charge in [-0.25, -0.2) is 0 Å². The Kier molecular flexibility index (Phi) is 7.86. The first-order valence-corrected chi connectivity index (χ1v) is 14.9. The minimum atomic E-state index is -0.222. The number of nitrogens with zero attached hydrogens (tertiary/aromatic N) is 2. The van der Waals surface area contributed by atoms with E-state index < -0.39 is 0 Å². The predicted molar refractivity (Wildman–Crippen MR) is 171 cm³/mol. The molecule has 0 aliphatic heterocycles. The topological polar surface area (TPSA) is 85.2 Å². The number of benzene rings is 4. The number of carbonyl (C=O) groups is 1. The number of anilines is 3. The molecule has 1 amide bonds. The number of para-hydroxylation sites is 1. The SMILES string of the molecule is NC(=O)CCCCCCN(c1cc(-c2ccc3ccccc3c2)ccc1N)c1c2c(nc3ccccc13)CCCC2. The van der Waals surface area contributed by atoms with Crippen molar-refractivity contribution in [1.29, 1.82) is 0 Å². The van der Waals surface area contributed by atoms with Gasteiger partial charge in [0.2, 0.25) is 5.91 Å². The Morgan fingerprint density at radius 1 is 0.780 bits per heavy atom. The Labute approximate surface area is 242 Å². The Balaban J connectivity index is 1.44. The van der Waals surface area contributed by atoms with Crippen LogP contribution in [0.1, 0.15) is 56.2 Å². The molecule has 5 aromatic rings. The first-order chi connectivity index (χ1) is 20.1. The fourth-order valence-corrected chi connectivity index (χ4v) is 6.26. The van der Waals surface area contributed by atoms with Crippen LogP contribution >= 0.6 is 0 Å². The zero-order valence-electron chi connectivity index (χ0n) is 23.6. The van der Waals surface area contributed by atoms with Gasteiger partial charge in [0.25, 0.3) is 0 Å². The number of nitrogens with two attached hydrogens (primary N) is 2. The lowest BCUT2D eigenvalue weighted by Crippen LogP contribution is -2.23. The number of fused-ring (bicyclic) bond motifs is 3. The molecule has 41 heavy (non-hydrogen) atoms. The summed E-state index contributed by atoms with van der Waals surface area (Å²) in [5.41, 5.74) is 21.2. The molecule has 0 unspecified atom stereocenters. The van der Waals surface area contributed by atoms with E-state index in [1.807, 2.05) is 0 Å². The van der Waals surface area contributed by atoms with Crippen molar-refractivity contribution in [3.05, 3.63) is 96.2 Å². The second-order valence-electron chi connectivity index (χ2n) is 11.2. The van der Waals surface area contributed by atoms with Crippen LogP contribution in [0.4, 0.5) is 17.1 Å². The van der Waals surface area contributed by atoms with E-state index in [-0.39, 0.29) is 5.91 Å². The lowest BCUT2D eigenvalue weighted by atomic mass is 9.91. The number of pyridine rings is 1. The molecule has 0 saturated heterocycles. The monoisotopic (exact) mass is 542 g/mol. The quantitative estimate of drug-likeness (QED) is 0.138. The molecule has 0 bridgehead atoms. The van der Waals surface area contributed by atoms with Crippen LogP contribution in [0.25, 0.3) is 32.8 Å². The number of carbonyl (C=O) groups excluding carboxylic acids is 1. The molecule has 5 heteroatoms. The van der Waals surface area contributed by atoms with E-state index >= 15 is 0 Å². The summed E-state index contributed by atoms with van der Waals surface area (Å²) in [5, 5.41) is 3.64. The van der Waals surface area contributed by atoms with Gasteiger partial charge in [0.05, 0.1) is 22.6 Å². The maximum absolute atomic E-state index is 11.2. The van der Waals surface area contributed by atoms with E-state index in [0.29, 0.717) is 6.42 Å². The fraction of sp³-hybridized carbons (Fsp3) is 0.278. The summed E-state index contributed by atoms with van der Waals surface area (Å²) in [6.45, 7) is 0.836. The van der Waals surface area contributed by atoms with Gasteiger partial charge in [-0.3, -0.25) is 9.78 Å². The van der Waals surface area contributed by atoms with Crippen molar-refractivity contribution in [2.75, 3.05) is 17.2 Å². The molecular formula is C36H38N4O. The van der Waals surface area contributed by atoms with Crippen LogP contribution in [0.3, 0.4) is 0 Å². The first kappa shape index (κ1) is 26.8. The van der Waals surface area contributed by atoms with Gasteiger partial charge in [-0.05, 0) is 90.3 Å². The van der Waals surface area contributed by atoms with Crippen LogP contribution in [0, 0.1) is 0 Å². The molecule has 1 aromatic heterocycles. The van der Waals surface area contributed by atoms with Gasteiger partial charge >= 0.3 is 0 Å². The summed E-state index contributed by atoms with van der Waals surface area (Å²) in [7, 11) is 0. The number of unbranched alkanes of at least 4 members (excludes halogenated alkanes) is 3. The Hall–Kier alpha value is -4.38. The maximum Gasteiger partial charge on any atom is 0.217 e. The Bertz CT molecular complexity index is 1710. The van der Waals surface area contributed by atoms with E-state index in [2.05, 4.69) is 89.8 Å². The van der Waals surface area contributed by atoms with Crippen LogP contribution in [-0.4, -0.2) is 17.4 Å². The fourth-order valence-electron chi connectivity index (χ4n) is 6.26. The summed E-state index contributed by atoms with van der Waals surface area (Å²) in [5.74, 6) is -0.222. The van der Waals surface area contributed by atoms with Crippen molar-refractivity contribution in [3.8, 4) is 11.1 Å².